The minimum atomic E-state index is -0.131. The van der Waals surface area contributed by atoms with Crippen LogP contribution in [-0.4, -0.2) is 23.3 Å². The van der Waals surface area contributed by atoms with Gasteiger partial charge >= 0.3 is 0 Å². The van der Waals surface area contributed by atoms with Crippen LogP contribution in [0.2, 0.25) is 0 Å². The van der Waals surface area contributed by atoms with Gasteiger partial charge in [-0.2, -0.15) is 0 Å². The molecule has 2 aromatic rings. The molecule has 152 valence electrons. The first kappa shape index (κ1) is 19.9. The van der Waals surface area contributed by atoms with Gasteiger partial charge in [-0.25, -0.2) is 0 Å². The lowest BCUT2D eigenvalue weighted by Crippen LogP contribution is -2.34. The van der Waals surface area contributed by atoms with Crippen LogP contribution in [0.3, 0.4) is 0 Å². The Hall–Kier alpha value is -2.42. The summed E-state index contributed by atoms with van der Waals surface area (Å²) in [6.07, 6.45) is 8.17. The van der Waals surface area contributed by atoms with Gasteiger partial charge in [0.2, 0.25) is 11.8 Å². The standard InChI is InChI=1S/C26H31NO2/c1-2-3-4-5-6-7-16-24(28)27-18-17-23(26(27)29)25-21-14-10-8-12-19(21)20-13-9-11-15-22(20)25/h8-15,23,25H,2-7,16-18H2,1H3. The van der Waals surface area contributed by atoms with Crippen molar-refractivity contribution in [2.75, 3.05) is 6.54 Å². The van der Waals surface area contributed by atoms with E-state index >= 15 is 0 Å². The highest BCUT2D eigenvalue weighted by atomic mass is 16.2. The molecule has 0 spiro atoms. The quantitative estimate of drug-likeness (QED) is 0.525. The van der Waals surface area contributed by atoms with Crippen LogP contribution in [0.5, 0.6) is 0 Å². The number of hydrogen-bond donors (Lipinski definition) is 0. The van der Waals surface area contributed by atoms with Crippen LogP contribution in [0.4, 0.5) is 0 Å². The van der Waals surface area contributed by atoms with E-state index < -0.39 is 0 Å². The van der Waals surface area contributed by atoms with Gasteiger partial charge in [-0.15, -0.1) is 0 Å². The molecule has 0 bridgehead atoms. The molecule has 29 heavy (non-hydrogen) atoms. The zero-order valence-corrected chi connectivity index (χ0v) is 17.4. The van der Waals surface area contributed by atoms with Gasteiger partial charge in [-0.1, -0.05) is 87.6 Å². The molecule has 3 nitrogen and oxygen atoms in total. The third-order valence-corrected chi connectivity index (χ3v) is 6.58. The van der Waals surface area contributed by atoms with Gasteiger partial charge < -0.3 is 0 Å². The number of imide groups is 1. The van der Waals surface area contributed by atoms with Crippen molar-refractivity contribution >= 4 is 11.8 Å². The van der Waals surface area contributed by atoms with Crippen molar-refractivity contribution in [2.24, 2.45) is 5.92 Å². The molecule has 1 saturated heterocycles. The van der Waals surface area contributed by atoms with E-state index in [0.29, 0.717) is 13.0 Å². The molecule has 0 saturated carbocycles. The van der Waals surface area contributed by atoms with Gasteiger partial charge in [0.05, 0.1) is 5.92 Å². The summed E-state index contributed by atoms with van der Waals surface area (Å²) in [6.45, 7) is 2.78. The average Bonchev–Trinajstić information content (AvgIpc) is 3.28. The van der Waals surface area contributed by atoms with Crippen molar-refractivity contribution in [3.63, 3.8) is 0 Å². The molecule has 0 N–H and O–H groups in total. The van der Waals surface area contributed by atoms with E-state index in [1.54, 1.807) is 4.90 Å². The van der Waals surface area contributed by atoms with Crippen molar-refractivity contribution < 1.29 is 9.59 Å². The summed E-state index contributed by atoms with van der Waals surface area (Å²) in [7, 11) is 0. The van der Waals surface area contributed by atoms with Crippen molar-refractivity contribution in [3.8, 4) is 11.1 Å². The van der Waals surface area contributed by atoms with Gasteiger partial charge in [0.1, 0.15) is 0 Å². The fraction of sp³-hybridized carbons (Fsp3) is 0.462. The van der Waals surface area contributed by atoms with E-state index in [4.69, 9.17) is 0 Å². The summed E-state index contributed by atoms with van der Waals surface area (Å²) >= 11 is 0. The van der Waals surface area contributed by atoms with Crippen LogP contribution >= 0.6 is 0 Å². The molecular weight excluding hydrogens is 358 g/mol. The van der Waals surface area contributed by atoms with Gasteiger partial charge in [-0.3, -0.25) is 14.5 Å². The number of unbranched alkanes of at least 4 members (excludes halogenated alkanes) is 5. The van der Waals surface area contributed by atoms with Crippen molar-refractivity contribution in [2.45, 2.75) is 64.2 Å². The minimum absolute atomic E-state index is 0.0209. The van der Waals surface area contributed by atoms with Crippen LogP contribution in [-0.2, 0) is 9.59 Å². The van der Waals surface area contributed by atoms with Gasteiger partial charge in [0.25, 0.3) is 0 Å². The van der Waals surface area contributed by atoms with Gasteiger partial charge in [0.15, 0.2) is 0 Å². The van der Waals surface area contributed by atoms with E-state index in [-0.39, 0.29) is 23.7 Å². The highest BCUT2D eigenvalue weighted by molar-refractivity contribution is 5.99. The van der Waals surface area contributed by atoms with Crippen LogP contribution in [0, 0.1) is 5.92 Å². The third-order valence-electron chi connectivity index (χ3n) is 6.58. The molecule has 1 heterocycles. The van der Waals surface area contributed by atoms with Crippen molar-refractivity contribution in [3.05, 3.63) is 59.7 Å². The summed E-state index contributed by atoms with van der Waals surface area (Å²) in [5.74, 6) is -0.0138. The fourth-order valence-electron chi connectivity index (χ4n) is 5.08. The highest BCUT2D eigenvalue weighted by Gasteiger charge is 2.44. The number of carbonyl (C=O) groups excluding carboxylic acids is 2. The predicted octanol–water partition coefficient (Wildman–Crippen LogP) is 5.92. The molecular formula is C26H31NO2. The maximum absolute atomic E-state index is 13.2. The van der Waals surface area contributed by atoms with E-state index in [9.17, 15) is 9.59 Å². The Morgan fingerprint density at radius 3 is 2.14 bits per heavy atom. The summed E-state index contributed by atoms with van der Waals surface area (Å²) in [6, 6.07) is 16.8. The summed E-state index contributed by atoms with van der Waals surface area (Å²) in [5, 5.41) is 0. The Morgan fingerprint density at radius 1 is 0.897 bits per heavy atom. The lowest BCUT2D eigenvalue weighted by molar-refractivity contribution is -0.143. The van der Waals surface area contributed by atoms with Gasteiger partial charge in [0, 0.05) is 18.9 Å². The van der Waals surface area contributed by atoms with E-state index in [1.165, 1.54) is 47.9 Å². The predicted molar refractivity (Wildman–Crippen MR) is 117 cm³/mol. The average molecular weight is 390 g/mol. The van der Waals surface area contributed by atoms with E-state index in [0.717, 1.165) is 19.3 Å². The fourth-order valence-corrected chi connectivity index (χ4v) is 5.08. The molecule has 2 aromatic carbocycles. The topological polar surface area (TPSA) is 37.4 Å². The van der Waals surface area contributed by atoms with Gasteiger partial charge in [-0.05, 0) is 35.1 Å². The second kappa shape index (κ2) is 8.94. The molecule has 0 aromatic heterocycles. The number of hydrogen-bond acceptors (Lipinski definition) is 2. The first-order chi connectivity index (χ1) is 14.2. The van der Waals surface area contributed by atoms with Crippen LogP contribution in [0.1, 0.15) is 75.3 Å². The molecule has 1 fully saturated rings. The molecule has 4 rings (SSSR count). The van der Waals surface area contributed by atoms with E-state index in [1.807, 2.05) is 0 Å². The molecule has 3 heteroatoms. The number of rotatable bonds is 8. The lowest BCUT2D eigenvalue weighted by Gasteiger charge is -2.21. The normalized spacial score (nSPS) is 18.2. The third kappa shape index (κ3) is 3.88. The lowest BCUT2D eigenvalue weighted by atomic mass is 9.83. The first-order valence-corrected chi connectivity index (χ1v) is 11.2. The molecule has 0 radical (unpaired) electrons. The smallest absolute Gasteiger partial charge is 0.233 e. The number of nitrogens with zero attached hydrogens (tertiary/aromatic N) is 1. The Kier molecular flexibility index (Phi) is 6.13. The second-order valence-corrected chi connectivity index (χ2v) is 8.45. The Bertz CT molecular complexity index is 842. The van der Waals surface area contributed by atoms with E-state index in [2.05, 4.69) is 55.5 Å². The molecule has 2 amide bonds. The number of amides is 2. The molecule has 2 aliphatic rings. The molecule has 1 atom stereocenters. The molecule has 1 aliphatic carbocycles. The van der Waals surface area contributed by atoms with Crippen LogP contribution in [0.25, 0.3) is 11.1 Å². The monoisotopic (exact) mass is 389 g/mol. The highest BCUT2D eigenvalue weighted by Crippen LogP contribution is 2.50. The summed E-state index contributed by atoms with van der Waals surface area (Å²) < 4.78 is 0. The zero-order chi connectivity index (χ0) is 20.2. The van der Waals surface area contributed by atoms with Crippen molar-refractivity contribution in [1.82, 2.24) is 4.90 Å². The Labute approximate surface area is 174 Å². The number of carbonyl (C=O) groups is 2. The largest absolute Gasteiger partial charge is 0.282 e. The number of likely N-dealkylation sites (tertiary alicyclic amines) is 1. The maximum Gasteiger partial charge on any atom is 0.233 e. The first-order valence-electron chi connectivity index (χ1n) is 11.2. The van der Waals surface area contributed by atoms with Crippen LogP contribution in [0.15, 0.2) is 48.5 Å². The molecule has 1 unspecified atom stereocenters. The number of benzene rings is 2. The maximum atomic E-state index is 13.2. The van der Waals surface area contributed by atoms with Crippen molar-refractivity contribution in [1.29, 1.82) is 0 Å². The number of fused-ring (bicyclic) bond motifs is 3. The SMILES string of the molecule is CCCCCCCCC(=O)N1CCC(C2c3ccccc3-c3ccccc32)C1=O. The molecule has 1 aliphatic heterocycles. The summed E-state index contributed by atoms with van der Waals surface area (Å²) in [4.78, 5) is 27.5. The Morgan fingerprint density at radius 2 is 1.48 bits per heavy atom. The zero-order valence-electron chi connectivity index (χ0n) is 17.4. The second-order valence-electron chi connectivity index (χ2n) is 8.45. The Balaban J connectivity index is 1.44. The minimum Gasteiger partial charge on any atom is -0.282 e. The van der Waals surface area contributed by atoms with Crippen LogP contribution < -0.4 is 0 Å². The summed E-state index contributed by atoms with van der Waals surface area (Å²) in [5.41, 5.74) is 4.94.